The minimum atomic E-state index is -0.729. The Kier molecular flexibility index (Phi) is 4.93. The van der Waals surface area contributed by atoms with E-state index in [-0.39, 0.29) is 0 Å². The third-order valence-electron chi connectivity index (χ3n) is 3.83. The fourth-order valence-corrected chi connectivity index (χ4v) is 2.34. The predicted octanol–water partition coefficient (Wildman–Crippen LogP) is 2.43. The molecule has 1 heterocycles. The van der Waals surface area contributed by atoms with Crippen molar-refractivity contribution in [2.45, 2.75) is 38.3 Å². The second-order valence-electron chi connectivity index (χ2n) is 5.20. The van der Waals surface area contributed by atoms with Gasteiger partial charge in [-0.05, 0) is 19.3 Å². The molecular formula is C16H23N3O. The van der Waals surface area contributed by atoms with Gasteiger partial charge in [0.2, 0.25) is 0 Å². The van der Waals surface area contributed by atoms with Gasteiger partial charge in [-0.2, -0.15) is 0 Å². The first-order valence-electron chi connectivity index (χ1n) is 7.17. The summed E-state index contributed by atoms with van der Waals surface area (Å²) in [5, 5.41) is 10.2. The second kappa shape index (κ2) is 6.68. The smallest absolute Gasteiger partial charge is 0.139 e. The molecule has 1 aromatic carbocycles. The first-order chi connectivity index (χ1) is 9.68. The van der Waals surface area contributed by atoms with Gasteiger partial charge in [-0.25, -0.2) is 4.98 Å². The fraction of sp³-hybridized carbons (Fsp3) is 0.438. The standard InChI is InChI=1S/C16H23N3O/c1-2-16(20,13-17)9-6-11-19-12-10-18-15(19)14-7-4-3-5-8-14/h3-5,7-8,10,12,20H,2,6,9,11,13,17H2,1H3. The van der Waals surface area contributed by atoms with Crippen molar-refractivity contribution in [2.24, 2.45) is 5.73 Å². The Morgan fingerprint density at radius 3 is 2.70 bits per heavy atom. The highest BCUT2D eigenvalue weighted by molar-refractivity contribution is 5.54. The minimum Gasteiger partial charge on any atom is -0.389 e. The van der Waals surface area contributed by atoms with Crippen molar-refractivity contribution < 1.29 is 5.11 Å². The number of nitrogens with zero attached hydrogens (tertiary/aromatic N) is 2. The summed E-state index contributed by atoms with van der Waals surface area (Å²) < 4.78 is 2.13. The highest BCUT2D eigenvalue weighted by Crippen LogP contribution is 2.20. The van der Waals surface area contributed by atoms with E-state index in [1.54, 1.807) is 0 Å². The Bertz CT molecular complexity index is 518. The summed E-state index contributed by atoms with van der Waals surface area (Å²) in [6, 6.07) is 10.1. The van der Waals surface area contributed by atoms with E-state index in [0.29, 0.717) is 19.4 Å². The molecule has 0 saturated heterocycles. The van der Waals surface area contributed by atoms with Crippen molar-refractivity contribution in [1.82, 2.24) is 9.55 Å². The zero-order chi connectivity index (χ0) is 14.4. The van der Waals surface area contributed by atoms with Gasteiger partial charge < -0.3 is 15.4 Å². The van der Waals surface area contributed by atoms with Gasteiger partial charge in [0.1, 0.15) is 5.82 Å². The van der Waals surface area contributed by atoms with E-state index in [1.807, 2.05) is 37.5 Å². The molecule has 1 unspecified atom stereocenters. The number of rotatable bonds is 7. The molecule has 4 nitrogen and oxygen atoms in total. The van der Waals surface area contributed by atoms with Crippen LogP contribution >= 0.6 is 0 Å². The number of nitrogens with two attached hydrogens (primary N) is 1. The average Bonchev–Trinajstić information content (AvgIpc) is 2.96. The van der Waals surface area contributed by atoms with Gasteiger partial charge >= 0.3 is 0 Å². The zero-order valence-corrected chi connectivity index (χ0v) is 12.0. The van der Waals surface area contributed by atoms with Gasteiger partial charge in [-0.3, -0.25) is 0 Å². The molecule has 2 rings (SSSR count). The molecule has 0 aliphatic rings. The largest absolute Gasteiger partial charge is 0.389 e. The lowest BCUT2D eigenvalue weighted by atomic mass is 9.95. The van der Waals surface area contributed by atoms with Crippen molar-refractivity contribution in [2.75, 3.05) is 6.54 Å². The Morgan fingerprint density at radius 2 is 2.05 bits per heavy atom. The molecular weight excluding hydrogens is 250 g/mol. The number of aliphatic hydroxyl groups is 1. The lowest BCUT2D eigenvalue weighted by Gasteiger charge is -2.24. The first-order valence-corrected chi connectivity index (χ1v) is 7.17. The predicted molar refractivity (Wildman–Crippen MR) is 81.2 cm³/mol. The topological polar surface area (TPSA) is 64.1 Å². The molecule has 0 amide bonds. The summed E-state index contributed by atoms with van der Waals surface area (Å²) in [5.74, 6) is 0.971. The summed E-state index contributed by atoms with van der Waals surface area (Å²) in [6.07, 6.45) is 6.09. The Hall–Kier alpha value is -1.65. The third-order valence-corrected chi connectivity index (χ3v) is 3.83. The van der Waals surface area contributed by atoms with Crippen LogP contribution in [0.25, 0.3) is 11.4 Å². The van der Waals surface area contributed by atoms with Crippen LogP contribution < -0.4 is 5.73 Å². The molecule has 0 aliphatic carbocycles. The highest BCUT2D eigenvalue weighted by Gasteiger charge is 2.21. The lowest BCUT2D eigenvalue weighted by molar-refractivity contribution is 0.0334. The van der Waals surface area contributed by atoms with Crippen LogP contribution in [0.5, 0.6) is 0 Å². The van der Waals surface area contributed by atoms with Crippen molar-refractivity contribution in [3.63, 3.8) is 0 Å². The van der Waals surface area contributed by atoms with Gasteiger partial charge in [-0.15, -0.1) is 0 Å². The number of hydrogen-bond acceptors (Lipinski definition) is 3. The van der Waals surface area contributed by atoms with Crippen LogP contribution in [-0.4, -0.2) is 26.8 Å². The molecule has 4 heteroatoms. The molecule has 0 fully saturated rings. The monoisotopic (exact) mass is 273 g/mol. The zero-order valence-electron chi connectivity index (χ0n) is 12.0. The van der Waals surface area contributed by atoms with Crippen LogP contribution in [0, 0.1) is 0 Å². The molecule has 0 spiro atoms. The van der Waals surface area contributed by atoms with Gasteiger partial charge in [0.15, 0.2) is 0 Å². The van der Waals surface area contributed by atoms with Gasteiger partial charge in [0.25, 0.3) is 0 Å². The maximum atomic E-state index is 10.2. The van der Waals surface area contributed by atoms with Gasteiger partial charge in [0, 0.05) is 31.0 Å². The van der Waals surface area contributed by atoms with E-state index < -0.39 is 5.60 Å². The Morgan fingerprint density at radius 1 is 1.30 bits per heavy atom. The van der Waals surface area contributed by atoms with E-state index in [1.165, 1.54) is 0 Å². The summed E-state index contributed by atoms with van der Waals surface area (Å²) >= 11 is 0. The number of benzene rings is 1. The van der Waals surface area contributed by atoms with E-state index in [9.17, 15) is 5.11 Å². The molecule has 1 aromatic heterocycles. The van der Waals surface area contributed by atoms with Crippen LogP contribution in [0.1, 0.15) is 26.2 Å². The maximum absolute atomic E-state index is 10.2. The average molecular weight is 273 g/mol. The fourth-order valence-electron chi connectivity index (χ4n) is 2.34. The van der Waals surface area contributed by atoms with Crippen LogP contribution in [0.2, 0.25) is 0 Å². The SMILES string of the molecule is CCC(O)(CN)CCCn1ccnc1-c1ccccc1. The quantitative estimate of drug-likeness (QED) is 0.814. The molecule has 108 valence electrons. The summed E-state index contributed by atoms with van der Waals surface area (Å²) in [6.45, 7) is 3.13. The van der Waals surface area contributed by atoms with Gasteiger partial charge in [-0.1, -0.05) is 37.3 Å². The van der Waals surface area contributed by atoms with Crippen molar-refractivity contribution in [3.05, 3.63) is 42.7 Å². The maximum Gasteiger partial charge on any atom is 0.139 e. The molecule has 0 aliphatic heterocycles. The Labute approximate surface area is 120 Å². The molecule has 1 atom stereocenters. The summed E-state index contributed by atoms with van der Waals surface area (Å²) in [4.78, 5) is 4.42. The van der Waals surface area contributed by atoms with Crippen LogP contribution in [0.15, 0.2) is 42.7 Å². The first kappa shape index (κ1) is 14.8. The number of imidazole rings is 1. The Balaban J connectivity index is 2.00. The van der Waals surface area contributed by atoms with E-state index in [4.69, 9.17) is 5.73 Å². The minimum absolute atomic E-state index is 0.318. The molecule has 2 aromatic rings. The molecule has 3 N–H and O–H groups in total. The van der Waals surface area contributed by atoms with Crippen LogP contribution in [0.4, 0.5) is 0 Å². The molecule has 20 heavy (non-hydrogen) atoms. The lowest BCUT2D eigenvalue weighted by Crippen LogP contribution is -2.37. The normalized spacial score (nSPS) is 14.2. The number of hydrogen-bond donors (Lipinski definition) is 2. The second-order valence-corrected chi connectivity index (χ2v) is 5.20. The van der Waals surface area contributed by atoms with E-state index >= 15 is 0 Å². The number of aromatic nitrogens is 2. The summed E-state index contributed by atoms with van der Waals surface area (Å²) in [5.41, 5.74) is 6.01. The summed E-state index contributed by atoms with van der Waals surface area (Å²) in [7, 11) is 0. The van der Waals surface area contributed by atoms with Gasteiger partial charge in [0.05, 0.1) is 5.60 Å². The highest BCUT2D eigenvalue weighted by atomic mass is 16.3. The number of aryl methyl sites for hydroxylation is 1. The van der Waals surface area contributed by atoms with Crippen molar-refractivity contribution >= 4 is 0 Å². The van der Waals surface area contributed by atoms with Crippen LogP contribution in [-0.2, 0) is 6.54 Å². The molecule has 0 radical (unpaired) electrons. The molecule has 0 bridgehead atoms. The third kappa shape index (κ3) is 3.46. The van der Waals surface area contributed by atoms with Crippen molar-refractivity contribution in [3.8, 4) is 11.4 Å². The molecule has 0 saturated carbocycles. The van der Waals surface area contributed by atoms with E-state index in [0.717, 1.165) is 24.4 Å². The van der Waals surface area contributed by atoms with Crippen LogP contribution in [0.3, 0.4) is 0 Å². The van der Waals surface area contributed by atoms with E-state index in [2.05, 4.69) is 21.7 Å². The van der Waals surface area contributed by atoms with Crippen molar-refractivity contribution in [1.29, 1.82) is 0 Å².